The van der Waals surface area contributed by atoms with Crippen LogP contribution in [-0.2, 0) is 13.4 Å². The van der Waals surface area contributed by atoms with Crippen LogP contribution in [0.1, 0.15) is 44.5 Å². The van der Waals surface area contributed by atoms with Crippen LogP contribution >= 0.6 is 15.6 Å². The molecule has 0 aliphatic heterocycles. The molecule has 5 rings (SSSR count). The van der Waals surface area contributed by atoms with Crippen LogP contribution in [-0.4, -0.2) is 50.2 Å². The van der Waals surface area contributed by atoms with Gasteiger partial charge in [-0.25, -0.2) is 9.13 Å². The number of phenolic OH excluding ortho intramolecular Hbond substituents is 6. The first kappa shape index (κ1) is 48.2. The van der Waals surface area contributed by atoms with Crippen LogP contribution in [0.4, 0.5) is 0 Å². The molecular formula is C38H50O13P2. The first-order valence-corrected chi connectivity index (χ1v) is 18.7. The fraction of sp³-hybridized carbons (Fsp3) is 0.211. The highest BCUT2D eigenvalue weighted by Gasteiger charge is 2.28. The normalized spacial score (nSPS) is 10.2. The Morgan fingerprint density at radius 1 is 0.358 bits per heavy atom. The molecule has 0 unspecified atom stereocenters. The third kappa shape index (κ3) is 21.3. The zero-order chi connectivity index (χ0) is 41.1. The number of hydrogen-bond acceptors (Lipinski definition) is 9. The van der Waals surface area contributed by atoms with Gasteiger partial charge in [0, 0.05) is 6.07 Å². The minimum Gasteiger partial charge on any atom is -0.508 e. The summed E-state index contributed by atoms with van der Waals surface area (Å²) in [5.41, 5.74) is 7.52. The summed E-state index contributed by atoms with van der Waals surface area (Å²) in [5.74, 6) is 1.83. The Kier molecular flexibility index (Phi) is 20.9. The van der Waals surface area contributed by atoms with Gasteiger partial charge in [-0.1, -0.05) is 78.9 Å². The zero-order valence-corrected chi connectivity index (χ0v) is 32.6. The molecule has 10 N–H and O–H groups in total. The Hall–Kier alpha value is -4.84. The molecule has 5 aromatic rings. The van der Waals surface area contributed by atoms with E-state index in [9.17, 15) is 29.6 Å². The summed E-state index contributed by atoms with van der Waals surface area (Å²) in [7, 11) is -10.1. The van der Waals surface area contributed by atoms with E-state index in [4.69, 9.17) is 29.8 Å². The molecule has 0 amide bonds. The van der Waals surface area contributed by atoms with Gasteiger partial charge in [-0.05, 0) is 112 Å². The molecule has 53 heavy (non-hydrogen) atoms. The van der Waals surface area contributed by atoms with Gasteiger partial charge in [-0.15, -0.1) is 0 Å². The minimum absolute atomic E-state index is 0.0880. The molecule has 290 valence electrons. The molecule has 0 fully saturated rings. The Balaban J connectivity index is 0.000000612. The maximum atomic E-state index is 9.63. The smallest absolute Gasteiger partial charge is 0.478 e. The van der Waals surface area contributed by atoms with Crippen molar-refractivity contribution < 1.29 is 63.7 Å². The van der Waals surface area contributed by atoms with Crippen LogP contribution in [0.2, 0.25) is 0 Å². The van der Waals surface area contributed by atoms with Crippen LogP contribution in [0.5, 0.6) is 34.5 Å². The van der Waals surface area contributed by atoms with E-state index in [1.807, 2.05) is 128 Å². The molecule has 13 nitrogen and oxygen atoms in total. The van der Waals surface area contributed by atoms with Gasteiger partial charge >= 0.3 is 15.6 Å². The van der Waals surface area contributed by atoms with Crippen LogP contribution in [0.25, 0.3) is 0 Å². The summed E-state index contributed by atoms with van der Waals surface area (Å²) in [6.07, 6.45) is 0. The molecule has 0 spiro atoms. The number of phenols is 6. The number of benzene rings is 5. The summed E-state index contributed by atoms with van der Waals surface area (Å²) < 4.78 is 22.2. The van der Waals surface area contributed by atoms with Crippen LogP contribution in [0, 0.1) is 55.4 Å². The number of rotatable bonds is 2. The van der Waals surface area contributed by atoms with Gasteiger partial charge in [0.2, 0.25) is 0 Å². The van der Waals surface area contributed by atoms with E-state index < -0.39 is 15.6 Å². The van der Waals surface area contributed by atoms with E-state index in [-0.39, 0.29) is 11.5 Å². The van der Waals surface area contributed by atoms with Crippen molar-refractivity contribution in [2.45, 2.75) is 55.4 Å². The average molecular weight is 777 g/mol. The molecule has 0 heterocycles. The zero-order valence-electron chi connectivity index (χ0n) is 30.8. The molecule has 5 aromatic carbocycles. The lowest BCUT2D eigenvalue weighted by Crippen LogP contribution is -1.84. The Morgan fingerprint density at radius 2 is 0.528 bits per heavy atom. The molecule has 0 aliphatic rings. The summed E-state index contributed by atoms with van der Waals surface area (Å²) in [5, 5.41) is 54.1. The molecule has 0 radical (unpaired) electrons. The molecule has 0 atom stereocenters. The van der Waals surface area contributed by atoms with Gasteiger partial charge in [0.25, 0.3) is 0 Å². The predicted molar refractivity (Wildman–Crippen MR) is 205 cm³/mol. The summed E-state index contributed by atoms with van der Waals surface area (Å²) in [4.78, 5) is 31.0. The second-order valence-corrected chi connectivity index (χ2v) is 14.2. The summed E-state index contributed by atoms with van der Waals surface area (Å²) in [6, 6.07) is 28.7. The molecular weight excluding hydrogens is 726 g/mol. The van der Waals surface area contributed by atoms with E-state index in [2.05, 4.69) is 4.31 Å². The Morgan fingerprint density at radius 3 is 0.623 bits per heavy atom. The third-order valence-electron chi connectivity index (χ3n) is 6.80. The quantitative estimate of drug-likeness (QED) is 0.0759. The molecule has 0 saturated heterocycles. The van der Waals surface area contributed by atoms with Gasteiger partial charge in [-0.2, -0.15) is 4.31 Å². The number of aromatic hydroxyl groups is 6. The van der Waals surface area contributed by atoms with Gasteiger partial charge in [0.1, 0.15) is 34.5 Å². The van der Waals surface area contributed by atoms with Gasteiger partial charge in [-0.3, -0.25) is 0 Å². The van der Waals surface area contributed by atoms with Gasteiger partial charge in [0.15, 0.2) is 0 Å². The lowest BCUT2D eigenvalue weighted by molar-refractivity contribution is 0.225. The van der Waals surface area contributed by atoms with Gasteiger partial charge < -0.3 is 50.2 Å². The monoisotopic (exact) mass is 776 g/mol. The van der Waals surface area contributed by atoms with Crippen LogP contribution in [0.3, 0.4) is 0 Å². The summed E-state index contributed by atoms with van der Waals surface area (Å²) >= 11 is 0. The third-order valence-corrected chi connectivity index (χ3v) is 8.50. The lowest BCUT2D eigenvalue weighted by atomic mass is 10.1. The van der Waals surface area contributed by atoms with Crippen molar-refractivity contribution in [1.29, 1.82) is 0 Å². The van der Waals surface area contributed by atoms with E-state index in [1.165, 1.54) is 18.2 Å². The van der Waals surface area contributed by atoms with E-state index >= 15 is 0 Å². The number of para-hydroxylation sites is 4. The van der Waals surface area contributed by atoms with Crippen molar-refractivity contribution in [1.82, 2.24) is 0 Å². The fourth-order valence-electron chi connectivity index (χ4n) is 3.85. The van der Waals surface area contributed by atoms with Gasteiger partial charge in [0.05, 0.1) is 0 Å². The van der Waals surface area contributed by atoms with E-state index in [0.717, 1.165) is 44.5 Å². The largest absolute Gasteiger partial charge is 0.508 e. The number of phosphoric acid groups is 2. The molecule has 0 bridgehead atoms. The minimum atomic E-state index is -5.05. The topological polar surface area (TPSA) is 246 Å². The Labute approximate surface area is 310 Å². The maximum absolute atomic E-state index is 9.63. The van der Waals surface area contributed by atoms with Crippen molar-refractivity contribution in [3.8, 4) is 34.5 Å². The SMILES string of the molecule is Cc1cccc(C)c1O.Cc1cccc(C)c1O.Cc1cccc(C)c1O.Cc1cccc(C)c1O.O=P(O)(O)OP(=O)(O)O.Oc1cccc(O)c1. The van der Waals surface area contributed by atoms with E-state index in [1.54, 1.807) is 6.07 Å². The highest BCUT2D eigenvalue weighted by molar-refractivity contribution is 7.60. The average Bonchev–Trinajstić information content (AvgIpc) is 3.03. The number of aryl methyl sites for hydroxylation is 8. The van der Waals surface area contributed by atoms with Crippen LogP contribution in [0.15, 0.2) is 97.1 Å². The molecule has 0 aromatic heterocycles. The first-order chi connectivity index (χ1) is 24.4. The highest BCUT2D eigenvalue weighted by atomic mass is 31.3. The van der Waals surface area contributed by atoms with Crippen molar-refractivity contribution in [3.63, 3.8) is 0 Å². The highest BCUT2D eigenvalue weighted by Crippen LogP contribution is 2.53. The van der Waals surface area contributed by atoms with Crippen molar-refractivity contribution >= 4 is 15.6 Å². The maximum Gasteiger partial charge on any atom is 0.478 e. The van der Waals surface area contributed by atoms with Crippen molar-refractivity contribution in [2.24, 2.45) is 0 Å². The first-order valence-electron chi connectivity index (χ1n) is 15.7. The standard InChI is InChI=1S/4C8H10O.C6H6O2.H4O7P2/c4*1-6-4-3-5-7(2)8(6)9;7-5-2-1-3-6(8)4-5;1-8(2,3)7-9(4,5)6/h4*3-5,9H,1-2H3;1-4,7-8H;(H2,1,2,3)(H2,4,5,6). The lowest BCUT2D eigenvalue weighted by Gasteiger charge is -2.03. The second kappa shape index (κ2) is 23.0. The van der Waals surface area contributed by atoms with Crippen molar-refractivity contribution in [2.75, 3.05) is 0 Å². The van der Waals surface area contributed by atoms with E-state index in [0.29, 0.717) is 23.0 Å². The summed E-state index contributed by atoms with van der Waals surface area (Å²) in [6.45, 7) is 15.1. The number of hydrogen-bond donors (Lipinski definition) is 10. The molecule has 0 saturated carbocycles. The molecule has 0 aliphatic carbocycles. The fourth-order valence-corrected chi connectivity index (χ4v) is 4.96. The Bertz CT molecular complexity index is 1650. The van der Waals surface area contributed by atoms with Crippen molar-refractivity contribution in [3.05, 3.63) is 142 Å². The second-order valence-electron chi connectivity index (χ2n) is 11.5. The predicted octanol–water partition coefficient (Wildman–Crippen LogP) is 8.32. The van der Waals surface area contributed by atoms with Crippen LogP contribution < -0.4 is 0 Å². The molecule has 15 heteroatoms.